The lowest BCUT2D eigenvalue weighted by Gasteiger charge is -2.40. The predicted molar refractivity (Wildman–Crippen MR) is 142 cm³/mol. The van der Waals surface area contributed by atoms with Crippen molar-refractivity contribution < 1.29 is 37.2 Å². The number of alkyl halides is 3. The number of fused-ring (bicyclic) bond motifs is 1. The minimum Gasteiger partial charge on any atom is -0.361 e. The van der Waals surface area contributed by atoms with E-state index < -0.39 is 48.1 Å². The number of halogens is 3. The fourth-order valence-corrected chi connectivity index (χ4v) is 6.34. The largest absolute Gasteiger partial charge is 0.492 e. The molecule has 1 saturated carbocycles. The Bertz CT molecular complexity index is 1360. The number of imide groups is 1. The summed E-state index contributed by atoms with van der Waals surface area (Å²) >= 11 is 0. The van der Waals surface area contributed by atoms with Gasteiger partial charge >= 0.3 is 18.2 Å². The molecule has 1 aliphatic carbocycles. The molecule has 3 aliphatic heterocycles. The Kier molecular flexibility index (Phi) is 7.39. The number of rotatable bonds is 6. The molecule has 2 aromatic carbocycles. The highest BCUT2D eigenvalue weighted by atomic mass is 19.4. The van der Waals surface area contributed by atoms with Crippen molar-refractivity contribution in [2.45, 2.75) is 55.0 Å². The minimum absolute atomic E-state index is 0.0287. The molecule has 4 fully saturated rings. The van der Waals surface area contributed by atoms with Crippen molar-refractivity contribution in [1.82, 2.24) is 25.5 Å². The summed E-state index contributed by atoms with van der Waals surface area (Å²) in [6.45, 7) is 0.294. The number of carbonyl (C=O) groups excluding carboxylic acids is 4. The predicted octanol–water partition coefficient (Wildman–Crippen LogP) is 2.14. The van der Waals surface area contributed by atoms with Gasteiger partial charge in [-0.25, -0.2) is 9.59 Å². The van der Waals surface area contributed by atoms with E-state index in [9.17, 15) is 32.3 Å². The first-order valence-corrected chi connectivity index (χ1v) is 13.9. The number of hydroxylamine groups is 2. The number of nitrogens with zero attached hydrogens (tertiary/aromatic N) is 3. The van der Waals surface area contributed by atoms with Gasteiger partial charge in [0.25, 0.3) is 5.91 Å². The molecule has 0 radical (unpaired) electrons. The number of piperidine rings is 1. The first-order valence-electron chi connectivity index (χ1n) is 13.9. The molecule has 0 bridgehead atoms. The van der Waals surface area contributed by atoms with Crippen LogP contribution in [0.2, 0.25) is 0 Å². The second-order valence-electron chi connectivity index (χ2n) is 11.1. The van der Waals surface area contributed by atoms with E-state index in [-0.39, 0.29) is 50.5 Å². The van der Waals surface area contributed by atoms with Crippen molar-refractivity contribution >= 4 is 23.8 Å². The number of hydrogen-bond acceptors (Lipinski definition) is 7. The zero-order valence-corrected chi connectivity index (χ0v) is 22.5. The third-order valence-electron chi connectivity index (χ3n) is 8.49. The van der Waals surface area contributed by atoms with Gasteiger partial charge in [0.1, 0.15) is 12.1 Å². The Morgan fingerprint density at radius 3 is 2.21 bits per heavy atom. The molecule has 10 nitrogen and oxygen atoms in total. The molecule has 0 aromatic heterocycles. The Balaban J connectivity index is 1.16. The number of urea groups is 1. The standard InChI is InChI=1S/C29H30F3N5O5/c30-29(31,32)27(40)42-35-12-11-21(20(16-35)18-9-5-2-6-10-18)34-25(38)23-14-33-15-24-26(39)37(28(41)36(23)24)22-13-19(22)17-7-3-1-4-8-17/h1-10,19-24,33H,11-16H2,(H,34,38)/t19-,20?,21?,22+,23+,24+/m1/s1. The highest BCUT2D eigenvalue weighted by molar-refractivity contribution is 6.07. The third kappa shape index (κ3) is 5.34. The van der Waals surface area contributed by atoms with Crippen molar-refractivity contribution in [3.63, 3.8) is 0 Å². The van der Waals surface area contributed by atoms with Crippen molar-refractivity contribution in [3.8, 4) is 0 Å². The van der Waals surface area contributed by atoms with Gasteiger partial charge in [0.15, 0.2) is 0 Å². The molecule has 3 saturated heterocycles. The summed E-state index contributed by atoms with van der Waals surface area (Å²) in [4.78, 5) is 59.4. The topological polar surface area (TPSA) is 111 Å². The number of carbonyl (C=O) groups is 4. The summed E-state index contributed by atoms with van der Waals surface area (Å²) < 4.78 is 38.4. The second-order valence-corrected chi connectivity index (χ2v) is 11.1. The van der Waals surface area contributed by atoms with Crippen LogP contribution in [-0.2, 0) is 19.2 Å². The monoisotopic (exact) mass is 585 g/mol. The van der Waals surface area contributed by atoms with E-state index in [1.54, 1.807) is 30.3 Å². The maximum Gasteiger partial charge on any atom is 0.492 e. The number of benzene rings is 2. The van der Waals surface area contributed by atoms with Crippen LogP contribution in [0.15, 0.2) is 60.7 Å². The Hall–Kier alpha value is -3.97. The first kappa shape index (κ1) is 28.2. The molecule has 2 unspecified atom stereocenters. The van der Waals surface area contributed by atoms with E-state index in [2.05, 4.69) is 15.5 Å². The quantitative estimate of drug-likeness (QED) is 0.500. The Labute approximate surface area is 239 Å². The lowest BCUT2D eigenvalue weighted by molar-refractivity contribution is -0.242. The highest BCUT2D eigenvalue weighted by Crippen LogP contribution is 2.47. The molecule has 6 atom stereocenters. The third-order valence-corrected chi connectivity index (χ3v) is 8.49. The van der Waals surface area contributed by atoms with E-state index in [0.717, 1.165) is 16.2 Å². The molecule has 42 heavy (non-hydrogen) atoms. The van der Waals surface area contributed by atoms with E-state index in [4.69, 9.17) is 0 Å². The molecular formula is C29H30F3N5O5. The smallest absolute Gasteiger partial charge is 0.361 e. The van der Waals surface area contributed by atoms with Crippen molar-refractivity contribution in [1.29, 1.82) is 0 Å². The maximum absolute atomic E-state index is 13.7. The van der Waals surface area contributed by atoms with Crippen molar-refractivity contribution in [2.24, 2.45) is 0 Å². The SMILES string of the molecule is O=C(NC1CCN(OC(=O)C(F)(F)F)CC1c1ccccc1)[C@@H]1CNC[C@H]2C(=O)N([C@H]3C[C@@H]3c3ccccc3)C(=O)N12. The van der Waals surface area contributed by atoms with E-state index in [0.29, 0.717) is 6.42 Å². The zero-order chi connectivity index (χ0) is 29.6. The fraction of sp³-hybridized carbons (Fsp3) is 0.448. The first-order chi connectivity index (χ1) is 20.1. The number of nitrogens with one attached hydrogen (secondary N) is 2. The summed E-state index contributed by atoms with van der Waals surface area (Å²) in [6.07, 6.45) is -4.27. The Morgan fingerprint density at radius 1 is 0.929 bits per heavy atom. The molecule has 2 aromatic rings. The molecule has 6 rings (SSSR count). The van der Waals surface area contributed by atoms with E-state index in [1.807, 2.05) is 30.3 Å². The molecule has 222 valence electrons. The molecule has 4 aliphatic rings. The van der Waals surface area contributed by atoms with Crippen LogP contribution >= 0.6 is 0 Å². The molecule has 4 amide bonds. The van der Waals surface area contributed by atoms with Gasteiger partial charge in [0.05, 0.1) is 0 Å². The molecule has 3 heterocycles. The van der Waals surface area contributed by atoms with Gasteiger partial charge in [0.2, 0.25) is 5.91 Å². The average molecular weight is 586 g/mol. The minimum atomic E-state index is -5.13. The summed E-state index contributed by atoms with van der Waals surface area (Å²) in [5.74, 6) is -3.53. The average Bonchev–Trinajstić information content (AvgIpc) is 3.73. The molecule has 13 heteroatoms. The lowest BCUT2D eigenvalue weighted by atomic mass is 9.86. The summed E-state index contributed by atoms with van der Waals surface area (Å²) in [7, 11) is 0. The van der Waals surface area contributed by atoms with Gasteiger partial charge in [-0.05, 0) is 24.0 Å². The zero-order valence-electron chi connectivity index (χ0n) is 22.5. The Morgan fingerprint density at radius 2 is 1.57 bits per heavy atom. The molecular weight excluding hydrogens is 555 g/mol. The maximum atomic E-state index is 13.7. The van der Waals surface area contributed by atoms with Gasteiger partial charge in [-0.15, -0.1) is 5.06 Å². The molecule has 2 N–H and O–H groups in total. The van der Waals surface area contributed by atoms with Crippen molar-refractivity contribution in [3.05, 3.63) is 71.8 Å². The summed E-state index contributed by atoms with van der Waals surface area (Å²) in [5, 5.41) is 7.07. The second kappa shape index (κ2) is 11.0. The van der Waals surface area contributed by atoms with Crippen LogP contribution in [0.1, 0.15) is 35.8 Å². The van der Waals surface area contributed by atoms with E-state index in [1.165, 1.54) is 9.80 Å². The molecule has 0 spiro atoms. The number of hydrogen-bond donors (Lipinski definition) is 2. The van der Waals surface area contributed by atoms with Crippen LogP contribution in [0.25, 0.3) is 0 Å². The van der Waals surface area contributed by atoms with Gasteiger partial charge < -0.3 is 15.5 Å². The fourth-order valence-electron chi connectivity index (χ4n) is 6.34. The van der Waals surface area contributed by atoms with Gasteiger partial charge in [-0.2, -0.15) is 13.2 Å². The van der Waals surface area contributed by atoms with Crippen molar-refractivity contribution in [2.75, 3.05) is 26.2 Å². The van der Waals surface area contributed by atoms with Gasteiger partial charge in [-0.1, -0.05) is 60.7 Å². The number of piperazine rings is 1. The van der Waals surface area contributed by atoms with Crippen LogP contribution in [-0.4, -0.2) is 95.2 Å². The van der Waals surface area contributed by atoms with Crippen LogP contribution in [0.5, 0.6) is 0 Å². The van der Waals surface area contributed by atoms with Crippen LogP contribution in [0.3, 0.4) is 0 Å². The van der Waals surface area contributed by atoms with Crippen LogP contribution < -0.4 is 10.6 Å². The summed E-state index contributed by atoms with van der Waals surface area (Å²) in [5.41, 5.74) is 1.80. The normalized spacial score (nSPS) is 29.7. The van der Waals surface area contributed by atoms with Gasteiger partial charge in [0, 0.05) is 50.1 Å². The van der Waals surface area contributed by atoms with Crippen LogP contribution in [0.4, 0.5) is 18.0 Å². The van der Waals surface area contributed by atoms with Gasteiger partial charge in [-0.3, -0.25) is 19.4 Å². The van der Waals surface area contributed by atoms with E-state index >= 15 is 0 Å². The summed E-state index contributed by atoms with van der Waals surface area (Å²) in [6, 6.07) is 15.6. The van der Waals surface area contributed by atoms with Crippen LogP contribution in [0, 0.1) is 0 Å². The highest BCUT2D eigenvalue weighted by Gasteiger charge is 2.58. The lowest BCUT2D eigenvalue weighted by Crippen LogP contribution is -2.64. The number of amides is 4.